The van der Waals surface area contributed by atoms with Gasteiger partial charge in [0.25, 0.3) is 0 Å². The van der Waals surface area contributed by atoms with Crippen molar-refractivity contribution >= 4 is 5.69 Å². The van der Waals surface area contributed by atoms with E-state index in [1.807, 2.05) is 19.9 Å². The van der Waals surface area contributed by atoms with E-state index in [-0.39, 0.29) is 17.8 Å². The third-order valence-corrected chi connectivity index (χ3v) is 5.31. The highest BCUT2D eigenvalue weighted by molar-refractivity contribution is 5.59. The van der Waals surface area contributed by atoms with E-state index in [1.165, 1.54) is 22.3 Å². The number of ether oxygens (including phenoxy) is 2. The molecule has 1 aliphatic rings. The van der Waals surface area contributed by atoms with Crippen LogP contribution in [0, 0.1) is 13.8 Å². The summed E-state index contributed by atoms with van der Waals surface area (Å²) in [4.78, 5) is 0. The zero-order chi connectivity index (χ0) is 22.3. The average Bonchev–Trinajstić information content (AvgIpc) is 2.66. The highest BCUT2D eigenvalue weighted by Gasteiger charge is 2.24. The topological polar surface area (TPSA) is 50.7 Å². The van der Waals surface area contributed by atoms with Crippen LogP contribution in [0.5, 0.6) is 5.75 Å². The SMILES string of the molecule is CCc1ccc(C(C)OC(C)(C)CC(C)O)cc1C.Cc1ccc2c(c1)NCCO2. The van der Waals surface area contributed by atoms with Crippen molar-refractivity contribution in [2.24, 2.45) is 0 Å². The summed E-state index contributed by atoms with van der Waals surface area (Å²) in [6.45, 7) is 16.0. The first-order valence-electron chi connectivity index (χ1n) is 11.0. The van der Waals surface area contributed by atoms with Gasteiger partial charge < -0.3 is 19.9 Å². The maximum Gasteiger partial charge on any atom is 0.142 e. The van der Waals surface area contributed by atoms with E-state index in [2.05, 4.69) is 63.3 Å². The van der Waals surface area contributed by atoms with Gasteiger partial charge in [0.15, 0.2) is 0 Å². The van der Waals surface area contributed by atoms with E-state index < -0.39 is 0 Å². The zero-order valence-electron chi connectivity index (χ0n) is 19.7. The molecule has 0 aliphatic carbocycles. The van der Waals surface area contributed by atoms with Crippen LogP contribution in [0.3, 0.4) is 0 Å². The lowest BCUT2D eigenvalue weighted by atomic mass is 9.98. The second-order valence-corrected chi connectivity index (χ2v) is 8.89. The van der Waals surface area contributed by atoms with Gasteiger partial charge in [0.1, 0.15) is 12.4 Å². The molecule has 2 unspecified atom stereocenters. The molecule has 0 spiro atoms. The Morgan fingerprint density at radius 3 is 2.50 bits per heavy atom. The molecular formula is C26H39NO3. The first kappa shape index (κ1) is 24.2. The third-order valence-electron chi connectivity index (χ3n) is 5.31. The molecular weight excluding hydrogens is 374 g/mol. The van der Waals surface area contributed by atoms with Crippen molar-refractivity contribution in [2.75, 3.05) is 18.5 Å². The first-order chi connectivity index (χ1) is 14.1. The van der Waals surface area contributed by atoms with Crippen molar-refractivity contribution in [3.8, 4) is 5.75 Å². The molecule has 0 aromatic heterocycles. The van der Waals surface area contributed by atoms with Gasteiger partial charge in [-0.2, -0.15) is 0 Å². The fraction of sp³-hybridized carbons (Fsp3) is 0.538. The molecule has 0 radical (unpaired) electrons. The number of aliphatic hydroxyl groups is 1. The minimum absolute atomic E-state index is 0.0401. The minimum atomic E-state index is -0.341. The lowest BCUT2D eigenvalue weighted by Gasteiger charge is -2.30. The summed E-state index contributed by atoms with van der Waals surface area (Å²) in [5.74, 6) is 0.974. The Kier molecular flexibility index (Phi) is 8.75. The molecule has 2 atom stereocenters. The average molecular weight is 414 g/mol. The molecule has 166 valence electrons. The van der Waals surface area contributed by atoms with E-state index in [1.54, 1.807) is 6.92 Å². The van der Waals surface area contributed by atoms with Gasteiger partial charge in [-0.1, -0.05) is 31.2 Å². The number of rotatable bonds is 6. The normalized spacial score (nSPS) is 15.1. The number of nitrogens with one attached hydrogen (secondary N) is 1. The van der Waals surface area contributed by atoms with Crippen LogP contribution in [0.2, 0.25) is 0 Å². The number of aliphatic hydroxyl groups excluding tert-OH is 1. The largest absolute Gasteiger partial charge is 0.490 e. The van der Waals surface area contributed by atoms with E-state index in [0.717, 1.165) is 31.0 Å². The molecule has 2 N–H and O–H groups in total. The number of fused-ring (bicyclic) bond motifs is 1. The van der Waals surface area contributed by atoms with Gasteiger partial charge >= 0.3 is 0 Å². The molecule has 30 heavy (non-hydrogen) atoms. The van der Waals surface area contributed by atoms with Crippen molar-refractivity contribution < 1.29 is 14.6 Å². The number of benzene rings is 2. The molecule has 4 nitrogen and oxygen atoms in total. The zero-order valence-corrected chi connectivity index (χ0v) is 19.7. The molecule has 0 bridgehead atoms. The van der Waals surface area contributed by atoms with Crippen molar-refractivity contribution in [2.45, 2.75) is 79.1 Å². The summed E-state index contributed by atoms with van der Waals surface area (Å²) in [5, 5.41) is 12.8. The quantitative estimate of drug-likeness (QED) is 0.611. The number of aryl methyl sites for hydroxylation is 3. The molecule has 0 saturated heterocycles. The van der Waals surface area contributed by atoms with Gasteiger partial charge in [-0.25, -0.2) is 0 Å². The molecule has 2 aromatic carbocycles. The number of anilines is 1. The van der Waals surface area contributed by atoms with Gasteiger partial charge in [-0.15, -0.1) is 0 Å². The van der Waals surface area contributed by atoms with Crippen LogP contribution in [0.4, 0.5) is 5.69 Å². The molecule has 1 aliphatic heterocycles. The summed E-state index contributed by atoms with van der Waals surface area (Å²) in [5.41, 5.74) is 5.99. The van der Waals surface area contributed by atoms with Crippen LogP contribution < -0.4 is 10.1 Å². The lowest BCUT2D eigenvalue weighted by molar-refractivity contribution is -0.0862. The van der Waals surface area contributed by atoms with Crippen LogP contribution >= 0.6 is 0 Å². The monoisotopic (exact) mass is 413 g/mol. The number of hydrogen-bond donors (Lipinski definition) is 2. The van der Waals surface area contributed by atoms with Crippen LogP contribution in [-0.4, -0.2) is 30.0 Å². The van der Waals surface area contributed by atoms with E-state index in [9.17, 15) is 5.11 Å². The van der Waals surface area contributed by atoms with Crippen molar-refractivity contribution in [1.82, 2.24) is 0 Å². The van der Waals surface area contributed by atoms with E-state index in [4.69, 9.17) is 9.47 Å². The summed E-state index contributed by atoms with van der Waals surface area (Å²) >= 11 is 0. The predicted molar refractivity (Wildman–Crippen MR) is 126 cm³/mol. The minimum Gasteiger partial charge on any atom is -0.490 e. The highest BCUT2D eigenvalue weighted by atomic mass is 16.5. The van der Waals surface area contributed by atoms with Crippen molar-refractivity contribution in [1.29, 1.82) is 0 Å². The maximum atomic E-state index is 9.50. The second kappa shape index (κ2) is 10.8. The van der Waals surface area contributed by atoms with Crippen molar-refractivity contribution in [3.63, 3.8) is 0 Å². The maximum absolute atomic E-state index is 9.50. The summed E-state index contributed by atoms with van der Waals surface area (Å²) < 4.78 is 11.5. The van der Waals surface area contributed by atoms with Gasteiger partial charge in [0.2, 0.25) is 0 Å². The molecule has 4 heteroatoms. The Hall–Kier alpha value is -2.04. The van der Waals surface area contributed by atoms with Gasteiger partial charge in [-0.05, 0) is 82.3 Å². The summed E-state index contributed by atoms with van der Waals surface area (Å²) in [6, 6.07) is 12.7. The molecule has 2 aromatic rings. The van der Waals surface area contributed by atoms with E-state index in [0.29, 0.717) is 6.42 Å². The van der Waals surface area contributed by atoms with Gasteiger partial charge in [-0.3, -0.25) is 0 Å². The standard InChI is InChI=1S/C17H28O2.C9H11NO/c1-7-15-8-9-16(10-12(15)2)14(4)19-17(5,6)11-13(3)18;1-7-2-3-9-8(6-7)10-4-5-11-9/h8-10,13-14,18H,7,11H2,1-6H3;2-3,6,10H,4-5H2,1H3. The molecule has 0 amide bonds. The van der Waals surface area contributed by atoms with Crippen molar-refractivity contribution in [3.05, 3.63) is 58.7 Å². The molecule has 0 fully saturated rings. The fourth-order valence-electron chi connectivity index (χ4n) is 3.93. The third kappa shape index (κ3) is 7.33. The summed E-state index contributed by atoms with van der Waals surface area (Å²) in [7, 11) is 0. The van der Waals surface area contributed by atoms with E-state index >= 15 is 0 Å². The molecule has 1 heterocycles. The Morgan fingerprint density at radius 1 is 1.13 bits per heavy atom. The Morgan fingerprint density at radius 2 is 1.87 bits per heavy atom. The molecule has 3 rings (SSSR count). The predicted octanol–water partition coefficient (Wildman–Crippen LogP) is 5.98. The fourth-order valence-corrected chi connectivity index (χ4v) is 3.93. The lowest BCUT2D eigenvalue weighted by Crippen LogP contribution is -2.30. The van der Waals surface area contributed by atoms with Gasteiger partial charge in [0.05, 0.1) is 23.5 Å². The smallest absolute Gasteiger partial charge is 0.142 e. The van der Waals surface area contributed by atoms with Gasteiger partial charge in [0, 0.05) is 13.0 Å². The second-order valence-electron chi connectivity index (χ2n) is 8.89. The molecule has 0 saturated carbocycles. The highest BCUT2D eigenvalue weighted by Crippen LogP contribution is 2.29. The Balaban J connectivity index is 0.000000244. The first-order valence-corrected chi connectivity index (χ1v) is 11.0. The summed E-state index contributed by atoms with van der Waals surface area (Å²) in [6.07, 6.45) is 1.41. The number of hydrogen-bond acceptors (Lipinski definition) is 4. The van der Waals surface area contributed by atoms with Crippen LogP contribution in [0.15, 0.2) is 36.4 Å². The van der Waals surface area contributed by atoms with Crippen LogP contribution in [-0.2, 0) is 11.2 Å². The Labute approximate surface area is 182 Å². The Bertz CT molecular complexity index is 814. The van der Waals surface area contributed by atoms with Crippen LogP contribution in [0.25, 0.3) is 0 Å². The van der Waals surface area contributed by atoms with Crippen LogP contribution in [0.1, 0.15) is 69.4 Å².